The van der Waals surface area contributed by atoms with Gasteiger partial charge in [0.2, 0.25) is 5.91 Å². The molecule has 3 aromatic rings. The smallest absolute Gasteiger partial charge is 0.261 e. The molecule has 1 atom stereocenters. The van der Waals surface area contributed by atoms with Crippen molar-refractivity contribution in [3.05, 3.63) is 76.8 Å². The van der Waals surface area contributed by atoms with Crippen LogP contribution in [-0.4, -0.2) is 34.9 Å². The van der Waals surface area contributed by atoms with Crippen LogP contribution in [-0.2, 0) is 16.1 Å². The Kier molecular flexibility index (Phi) is 7.56. The number of rotatable bonds is 7. The fraction of sp³-hybridized carbons (Fsp3) is 0.308. The summed E-state index contributed by atoms with van der Waals surface area (Å²) < 4.78 is 6.69. The quantitative estimate of drug-likeness (QED) is 0.481. The Bertz CT molecular complexity index is 1090. The molecule has 1 N–H and O–H groups in total. The van der Waals surface area contributed by atoms with Crippen molar-refractivity contribution in [1.29, 1.82) is 0 Å². The number of ether oxygens (including phenoxy) is 1. The number of hydrogen-bond acceptors (Lipinski definition) is 3. The molecule has 6 heteroatoms. The predicted octanol–water partition coefficient (Wildman–Crippen LogP) is 5.31. The summed E-state index contributed by atoms with van der Waals surface area (Å²) in [4.78, 5) is 27.6. The molecule has 0 aromatic heterocycles. The molecule has 2 amide bonds. The molecule has 0 aliphatic carbocycles. The Morgan fingerprint density at radius 3 is 2.34 bits per heavy atom. The molecule has 0 saturated carbocycles. The van der Waals surface area contributed by atoms with Crippen molar-refractivity contribution in [2.75, 3.05) is 6.61 Å². The maximum atomic E-state index is 13.2. The highest BCUT2D eigenvalue weighted by Gasteiger charge is 2.28. The van der Waals surface area contributed by atoms with E-state index in [1.54, 1.807) is 11.8 Å². The van der Waals surface area contributed by atoms with Crippen molar-refractivity contribution in [2.24, 2.45) is 0 Å². The van der Waals surface area contributed by atoms with Gasteiger partial charge in [-0.1, -0.05) is 60.7 Å². The molecule has 0 fully saturated rings. The summed E-state index contributed by atoms with van der Waals surface area (Å²) in [5, 5.41) is 5.05. The first-order valence-electron chi connectivity index (χ1n) is 10.6. The molecule has 0 radical (unpaired) electrons. The summed E-state index contributed by atoms with van der Waals surface area (Å²) >= 11 is 3.59. The first kappa shape index (κ1) is 23.8. The summed E-state index contributed by atoms with van der Waals surface area (Å²) in [6.45, 7) is 7.65. The fourth-order valence-corrected chi connectivity index (χ4v) is 3.99. The van der Waals surface area contributed by atoms with E-state index in [9.17, 15) is 9.59 Å². The lowest BCUT2D eigenvalue weighted by Crippen LogP contribution is -2.53. The lowest BCUT2D eigenvalue weighted by molar-refractivity contribution is -0.142. The predicted molar refractivity (Wildman–Crippen MR) is 131 cm³/mol. The SMILES string of the molecule is C[C@H](C(=O)NC(C)(C)C)N(Cc1ccccc1)C(=O)COc1ccc2ccccc2c1Br. The van der Waals surface area contributed by atoms with Crippen molar-refractivity contribution >= 4 is 38.5 Å². The first-order valence-corrected chi connectivity index (χ1v) is 11.4. The van der Waals surface area contributed by atoms with Crippen molar-refractivity contribution in [2.45, 2.75) is 45.8 Å². The van der Waals surface area contributed by atoms with Crippen LogP contribution >= 0.6 is 15.9 Å². The van der Waals surface area contributed by atoms with Gasteiger partial charge in [0.25, 0.3) is 5.91 Å². The molecule has 3 aromatic carbocycles. The van der Waals surface area contributed by atoms with Crippen LogP contribution in [0.15, 0.2) is 71.2 Å². The van der Waals surface area contributed by atoms with Crippen molar-refractivity contribution in [3.8, 4) is 5.75 Å². The second-order valence-corrected chi connectivity index (χ2v) is 9.60. The summed E-state index contributed by atoms with van der Waals surface area (Å²) in [6, 6.07) is 20.7. The van der Waals surface area contributed by atoms with Crippen LogP contribution in [0.2, 0.25) is 0 Å². The number of nitrogens with one attached hydrogen (secondary N) is 1. The van der Waals surface area contributed by atoms with Crippen molar-refractivity contribution in [1.82, 2.24) is 10.2 Å². The third kappa shape index (κ3) is 6.10. The van der Waals surface area contributed by atoms with Gasteiger partial charge in [-0.15, -0.1) is 0 Å². The van der Waals surface area contributed by atoms with Crippen LogP contribution in [0.4, 0.5) is 0 Å². The zero-order valence-corrected chi connectivity index (χ0v) is 20.5. The van der Waals surface area contributed by atoms with Gasteiger partial charge in [-0.2, -0.15) is 0 Å². The highest BCUT2D eigenvalue weighted by atomic mass is 79.9. The molecule has 0 saturated heterocycles. The molecule has 3 rings (SSSR count). The lowest BCUT2D eigenvalue weighted by Gasteiger charge is -2.31. The highest BCUT2D eigenvalue weighted by molar-refractivity contribution is 9.10. The van der Waals surface area contributed by atoms with Crippen LogP contribution < -0.4 is 10.1 Å². The number of halogens is 1. The summed E-state index contributed by atoms with van der Waals surface area (Å²) in [5.74, 6) is 0.127. The van der Waals surface area contributed by atoms with Gasteiger partial charge in [0.05, 0.1) is 4.47 Å². The third-order valence-corrected chi connectivity index (χ3v) is 5.86. The number of carbonyl (C=O) groups is 2. The molecular weight excluding hydrogens is 468 g/mol. The molecule has 0 heterocycles. The summed E-state index contributed by atoms with van der Waals surface area (Å²) in [5.41, 5.74) is 0.558. The molecule has 0 bridgehead atoms. The van der Waals surface area contributed by atoms with Gasteiger partial charge in [0.15, 0.2) is 6.61 Å². The molecule has 0 aliphatic rings. The van der Waals surface area contributed by atoms with Gasteiger partial charge in [-0.3, -0.25) is 9.59 Å². The third-order valence-electron chi connectivity index (χ3n) is 5.04. The Morgan fingerprint density at radius 2 is 1.66 bits per heavy atom. The number of fused-ring (bicyclic) bond motifs is 1. The lowest BCUT2D eigenvalue weighted by atomic mass is 10.1. The number of amides is 2. The Hall–Kier alpha value is -2.86. The van der Waals surface area contributed by atoms with Gasteiger partial charge >= 0.3 is 0 Å². The molecule has 32 heavy (non-hydrogen) atoms. The number of nitrogens with zero attached hydrogens (tertiary/aromatic N) is 1. The molecular formula is C26H29BrN2O3. The number of carbonyl (C=O) groups excluding carboxylic acids is 2. The number of benzene rings is 3. The van der Waals surface area contributed by atoms with Crippen LogP contribution in [0.25, 0.3) is 10.8 Å². The average molecular weight is 497 g/mol. The standard InChI is InChI=1S/C26H29BrN2O3/c1-18(25(31)28-26(2,3)4)29(16-19-10-6-5-7-11-19)23(30)17-32-22-15-14-20-12-8-9-13-21(20)24(22)27/h5-15,18H,16-17H2,1-4H3,(H,28,31)/t18-/m1/s1. The summed E-state index contributed by atoms with van der Waals surface area (Å²) in [7, 11) is 0. The van der Waals surface area contributed by atoms with E-state index in [0.29, 0.717) is 12.3 Å². The zero-order valence-electron chi connectivity index (χ0n) is 18.9. The number of hydrogen-bond donors (Lipinski definition) is 1. The van der Waals surface area contributed by atoms with E-state index in [2.05, 4.69) is 21.2 Å². The normalized spacial score (nSPS) is 12.3. The van der Waals surface area contributed by atoms with E-state index in [1.165, 1.54) is 0 Å². The van der Waals surface area contributed by atoms with Gasteiger partial charge < -0.3 is 15.0 Å². The molecule has 168 valence electrons. The molecule has 0 aliphatic heterocycles. The van der Waals surface area contributed by atoms with Crippen LogP contribution in [0.1, 0.15) is 33.3 Å². The highest BCUT2D eigenvalue weighted by Crippen LogP contribution is 2.33. The van der Waals surface area contributed by atoms with E-state index in [1.807, 2.05) is 87.5 Å². The van der Waals surface area contributed by atoms with Crippen LogP contribution in [0.3, 0.4) is 0 Å². The Balaban J connectivity index is 1.78. The van der Waals surface area contributed by atoms with Gasteiger partial charge in [-0.05, 0) is 66.0 Å². The van der Waals surface area contributed by atoms with Gasteiger partial charge in [-0.25, -0.2) is 0 Å². The van der Waals surface area contributed by atoms with E-state index in [-0.39, 0.29) is 24.0 Å². The fourth-order valence-electron chi connectivity index (χ4n) is 3.38. The second-order valence-electron chi connectivity index (χ2n) is 8.81. The zero-order chi connectivity index (χ0) is 23.3. The Labute approximate surface area is 197 Å². The second kappa shape index (κ2) is 10.2. The topological polar surface area (TPSA) is 58.6 Å². The molecule has 5 nitrogen and oxygen atoms in total. The maximum Gasteiger partial charge on any atom is 0.261 e. The van der Waals surface area contributed by atoms with Gasteiger partial charge in [0.1, 0.15) is 11.8 Å². The minimum Gasteiger partial charge on any atom is -0.483 e. The Morgan fingerprint density at radius 1 is 1.00 bits per heavy atom. The van der Waals surface area contributed by atoms with Crippen LogP contribution in [0.5, 0.6) is 5.75 Å². The van der Waals surface area contributed by atoms with E-state index < -0.39 is 6.04 Å². The summed E-state index contributed by atoms with van der Waals surface area (Å²) in [6.07, 6.45) is 0. The van der Waals surface area contributed by atoms with E-state index >= 15 is 0 Å². The van der Waals surface area contributed by atoms with Crippen molar-refractivity contribution in [3.63, 3.8) is 0 Å². The monoisotopic (exact) mass is 496 g/mol. The average Bonchev–Trinajstić information content (AvgIpc) is 2.76. The minimum atomic E-state index is -0.648. The minimum absolute atomic E-state index is 0.170. The largest absolute Gasteiger partial charge is 0.483 e. The first-order chi connectivity index (χ1) is 15.2. The van der Waals surface area contributed by atoms with E-state index in [0.717, 1.165) is 20.8 Å². The van der Waals surface area contributed by atoms with Crippen molar-refractivity contribution < 1.29 is 14.3 Å². The molecule has 0 spiro atoms. The van der Waals surface area contributed by atoms with Gasteiger partial charge in [0, 0.05) is 12.1 Å². The maximum absolute atomic E-state index is 13.2. The van der Waals surface area contributed by atoms with E-state index in [4.69, 9.17) is 4.74 Å². The van der Waals surface area contributed by atoms with Crippen LogP contribution in [0, 0.1) is 0 Å². The molecule has 0 unspecified atom stereocenters.